The average molecular weight is 119 g/mol. The van der Waals surface area contributed by atoms with Gasteiger partial charge in [-0.15, -0.1) is 0 Å². The van der Waals surface area contributed by atoms with Crippen LogP contribution < -0.4 is 5.43 Å². The molecule has 1 unspecified atom stereocenters. The molecule has 0 bridgehead atoms. The first-order valence-electron chi connectivity index (χ1n) is 2.18. The lowest BCUT2D eigenvalue weighted by atomic mass is 10.4. The zero-order chi connectivity index (χ0) is 5.28. The lowest BCUT2D eigenvalue weighted by molar-refractivity contribution is 0.447. The summed E-state index contributed by atoms with van der Waals surface area (Å²) >= 11 is 5.44. The Morgan fingerprint density at radius 2 is 2.57 bits per heavy atom. The van der Waals surface area contributed by atoms with Gasteiger partial charge in [-0.1, -0.05) is 0 Å². The van der Waals surface area contributed by atoms with E-state index in [1.807, 2.05) is 13.0 Å². The molecule has 0 saturated heterocycles. The molecule has 40 valence electrons. The fraction of sp³-hybridized carbons (Fsp3) is 0.500. The second-order valence-corrected chi connectivity index (χ2v) is 1.93. The second-order valence-electron chi connectivity index (χ2n) is 1.57. The van der Waals surface area contributed by atoms with Crippen LogP contribution in [-0.4, -0.2) is 10.6 Å². The van der Waals surface area contributed by atoms with Crippen LogP contribution in [0.2, 0.25) is 0 Å². The molecule has 1 aliphatic rings. The van der Waals surface area contributed by atoms with Gasteiger partial charge in [0.15, 0.2) is 0 Å². The first kappa shape index (κ1) is 4.94. The first-order valence-corrected chi connectivity index (χ1v) is 2.52. The summed E-state index contributed by atoms with van der Waals surface area (Å²) in [6.07, 6.45) is 3.76. The molecule has 0 aromatic heterocycles. The molecule has 1 heterocycles. The van der Waals surface area contributed by atoms with Gasteiger partial charge < -0.3 is 0 Å². The highest BCUT2D eigenvalue weighted by Crippen LogP contribution is 2.01. The van der Waals surface area contributed by atoms with Crippen molar-refractivity contribution < 1.29 is 0 Å². The number of hydrazine groups is 1. The summed E-state index contributed by atoms with van der Waals surface area (Å²) in [6, 6.07) is 0.387. The Hall–Kier alpha value is -0.210. The monoisotopic (exact) mass is 118 g/mol. The van der Waals surface area contributed by atoms with E-state index in [4.69, 9.17) is 11.8 Å². The standard InChI is InChI=1S/C4H7ClN2/c1-4-2-3-7(5)6-4/h2-4,6H,1H3. The lowest BCUT2D eigenvalue weighted by Crippen LogP contribution is -2.25. The minimum absolute atomic E-state index is 0.387. The minimum atomic E-state index is 0.387. The van der Waals surface area contributed by atoms with Crippen LogP contribution in [0.5, 0.6) is 0 Å². The molecule has 1 atom stereocenters. The van der Waals surface area contributed by atoms with Crippen LogP contribution in [0.3, 0.4) is 0 Å². The van der Waals surface area contributed by atoms with Gasteiger partial charge in [0.25, 0.3) is 0 Å². The third-order valence-electron chi connectivity index (χ3n) is 0.833. The van der Waals surface area contributed by atoms with E-state index in [1.54, 1.807) is 6.20 Å². The Kier molecular flexibility index (Phi) is 1.21. The molecule has 0 aliphatic carbocycles. The molecule has 0 amide bonds. The number of nitrogens with zero attached hydrogens (tertiary/aromatic N) is 1. The van der Waals surface area contributed by atoms with Crippen molar-refractivity contribution in [2.45, 2.75) is 13.0 Å². The maximum atomic E-state index is 5.44. The zero-order valence-corrected chi connectivity index (χ0v) is 4.81. The van der Waals surface area contributed by atoms with E-state index in [-0.39, 0.29) is 0 Å². The van der Waals surface area contributed by atoms with Crippen molar-refractivity contribution in [3.8, 4) is 0 Å². The Labute approximate surface area is 47.8 Å². The van der Waals surface area contributed by atoms with Crippen LogP contribution in [0, 0.1) is 0 Å². The van der Waals surface area contributed by atoms with Gasteiger partial charge >= 0.3 is 0 Å². The van der Waals surface area contributed by atoms with Crippen molar-refractivity contribution in [3.05, 3.63) is 12.3 Å². The Balaban J connectivity index is 2.42. The van der Waals surface area contributed by atoms with Crippen LogP contribution in [0.1, 0.15) is 6.92 Å². The van der Waals surface area contributed by atoms with E-state index in [2.05, 4.69) is 5.43 Å². The van der Waals surface area contributed by atoms with Crippen molar-refractivity contribution >= 4 is 11.8 Å². The largest absolute Gasteiger partial charge is 0.225 e. The SMILES string of the molecule is CC1C=CN(Cl)N1. The van der Waals surface area contributed by atoms with E-state index in [0.29, 0.717) is 6.04 Å². The Morgan fingerprint density at radius 3 is 2.71 bits per heavy atom. The molecule has 0 spiro atoms. The molecule has 2 nitrogen and oxygen atoms in total. The number of rotatable bonds is 0. The van der Waals surface area contributed by atoms with Crippen LogP contribution in [0.4, 0.5) is 0 Å². The van der Waals surface area contributed by atoms with Crippen molar-refractivity contribution in [2.75, 3.05) is 0 Å². The maximum absolute atomic E-state index is 5.44. The minimum Gasteiger partial charge on any atom is -0.225 e. The van der Waals surface area contributed by atoms with Gasteiger partial charge in [0.05, 0.1) is 0 Å². The van der Waals surface area contributed by atoms with Gasteiger partial charge in [-0.25, -0.2) is 9.95 Å². The van der Waals surface area contributed by atoms with Gasteiger partial charge in [0.2, 0.25) is 0 Å². The molecule has 7 heavy (non-hydrogen) atoms. The van der Waals surface area contributed by atoms with Gasteiger partial charge in [-0.3, -0.25) is 0 Å². The quantitative estimate of drug-likeness (QED) is 0.475. The number of halogens is 1. The van der Waals surface area contributed by atoms with Crippen LogP contribution in [0.25, 0.3) is 0 Å². The van der Waals surface area contributed by atoms with Crippen LogP contribution >= 0.6 is 11.8 Å². The van der Waals surface area contributed by atoms with Crippen molar-refractivity contribution in [3.63, 3.8) is 0 Å². The smallest absolute Gasteiger partial charge is 0.0445 e. The molecule has 1 aliphatic heterocycles. The fourth-order valence-electron chi connectivity index (χ4n) is 0.485. The summed E-state index contributed by atoms with van der Waals surface area (Å²) in [5, 5.41) is 0. The average Bonchev–Trinajstić information content (AvgIpc) is 1.87. The third kappa shape index (κ3) is 1.08. The zero-order valence-electron chi connectivity index (χ0n) is 4.06. The molecular weight excluding hydrogens is 112 g/mol. The maximum Gasteiger partial charge on any atom is 0.0445 e. The molecule has 0 aromatic rings. The van der Waals surface area contributed by atoms with E-state index >= 15 is 0 Å². The van der Waals surface area contributed by atoms with Gasteiger partial charge in [0.1, 0.15) is 0 Å². The summed E-state index contributed by atoms with van der Waals surface area (Å²) < 4.78 is 1.42. The molecular formula is C4H7ClN2. The second kappa shape index (κ2) is 1.72. The topological polar surface area (TPSA) is 15.3 Å². The summed E-state index contributed by atoms with van der Waals surface area (Å²) in [5.74, 6) is 0. The number of hydrogen-bond donors (Lipinski definition) is 1. The summed E-state index contributed by atoms with van der Waals surface area (Å²) in [4.78, 5) is 0. The normalized spacial score (nSPS) is 29.4. The van der Waals surface area contributed by atoms with Gasteiger partial charge in [-0.2, -0.15) is 0 Å². The predicted molar refractivity (Wildman–Crippen MR) is 29.4 cm³/mol. The van der Waals surface area contributed by atoms with E-state index in [9.17, 15) is 0 Å². The first-order chi connectivity index (χ1) is 3.29. The molecule has 0 saturated carbocycles. The number of hydrogen-bond acceptors (Lipinski definition) is 2. The van der Waals surface area contributed by atoms with Gasteiger partial charge in [0, 0.05) is 24.0 Å². The molecule has 0 fully saturated rings. The van der Waals surface area contributed by atoms with E-state index in [0.717, 1.165) is 0 Å². The van der Waals surface area contributed by atoms with E-state index in [1.165, 1.54) is 4.53 Å². The molecule has 0 aromatic carbocycles. The Morgan fingerprint density at radius 1 is 1.86 bits per heavy atom. The summed E-state index contributed by atoms with van der Waals surface area (Å²) in [7, 11) is 0. The molecule has 3 heteroatoms. The predicted octanol–water partition coefficient (Wildman–Crippen LogP) is 0.863. The summed E-state index contributed by atoms with van der Waals surface area (Å²) in [5.41, 5.74) is 2.90. The van der Waals surface area contributed by atoms with Crippen LogP contribution in [-0.2, 0) is 0 Å². The van der Waals surface area contributed by atoms with Crippen molar-refractivity contribution in [1.82, 2.24) is 9.95 Å². The van der Waals surface area contributed by atoms with Gasteiger partial charge in [-0.05, 0) is 13.0 Å². The fourth-order valence-corrected chi connectivity index (χ4v) is 0.704. The highest BCUT2D eigenvalue weighted by Gasteiger charge is 2.04. The van der Waals surface area contributed by atoms with Crippen LogP contribution in [0.15, 0.2) is 12.3 Å². The lowest BCUT2D eigenvalue weighted by Gasteiger charge is -2.05. The molecule has 0 radical (unpaired) electrons. The Bertz CT molecular complexity index is 81.7. The highest BCUT2D eigenvalue weighted by molar-refractivity contribution is 6.13. The van der Waals surface area contributed by atoms with Crippen molar-refractivity contribution in [2.24, 2.45) is 0 Å². The van der Waals surface area contributed by atoms with Crippen molar-refractivity contribution in [1.29, 1.82) is 0 Å². The molecule has 1 N–H and O–H groups in total. The summed E-state index contributed by atoms with van der Waals surface area (Å²) in [6.45, 7) is 2.03. The third-order valence-corrected chi connectivity index (χ3v) is 1.04. The number of nitrogens with one attached hydrogen (secondary N) is 1. The highest BCUT2D eigenvalue weighted by atomic mass is 35.5. The molecule has 1 rings (SSSR count). The van der Waals surface area contributed by atoms with E-state index < -0.39 is 0 Å².